The van der Waals surface area contributed by atoms with Gasteiger partial charge in [-0.25, -0.2) is 4.79 Å². The molecule has 0 fully saturated rings. The molecule has 0 bridgehead atoms. The van der Waals surface area contributed by atoms with E-state index in [4.69, 9.17) is 15.7 Å². The lowest BCUT2D eigenvalue weighted by molar-refractivity contribution is 0.0129. The molecular formula is C15H21N3O4. The van der Waals surface area contributed by atoms with Crippen molar-refractivity contribution in [3.63, 3.8) is 0 Å². The number of nitriles is 1. The summed E-state index contributed by atoms with van der Waals surface area (Å²) in [5, 5.41) is 31.2. The van der Waals surface area contributed by atoms with Crippen molar-refractivity contribution in [1.82, 2.24) is 5.32 Å². The maximum atomic E-state index is 11.5. The summed E-state index contributed by atoms with van der Waals surface area (Å²) in [7, 11) is 0. The lowest BCUT2D eigenvalue weighted by Crippen LogP contribution is -2.38. The van der Waals surface area contributed by atoms with Crippen LogP contribution >= 0.6 is 0 Å². The Labute approximate surface area is 129 Å². The van der Waals surface area contributed by atoms with E-state index in [1.54, 1.807) is 20.8 Å². The monoisotopic (exact) mass is 307 g/mol. The highest BCUT2D eigenvalue weighted by Gasteiger charge is 2.22. The Kier molecular flexibility index (Phi) is 5.74. The van der Waals surface area contributed by atoms with Crippen LogP contribution in [-0.2, 0) is 4.74 Å². The van der Waals surface area contributed by atoms with E-state index in [2.05, 4.69) is 5.32 Å². The van der Waals surface area contributed by atoms with E-state index < -0.39 is 23.9 Å². The molecule has 2 unspecified atom stereocenters. The third-order valence-electron chi connectivity index (χ3n) is 2.76. The summed E-state index contributed by atoms with van der Waals surface area (Å²) >= 11 is 0. The molecule has 1 amide bonds. The van der Waals surface area contributed by atoms with Crippen LogP contribution in [0.2, 0.25) is 0 Å². The van der Waals surface area contributed by atoms with Crippen LogP contribution in [-0.4, -0.2) is 34.6 Å². The second-order valence-corrected chi connectivity index (χ2v) is 5.85. The maximum Gasteiger partial charge on any atom is 0.407 e. The molecule has 0 heterocycles. The lowest BCUT2D eigenvalue weighted by atomic mass is 10.0. The summed E-state index contributed by atoms with van der Waals surface area (Å²) in [5.74, 6) is 0. The average Bonchev–Trinajstić information content (AvgIpc) is 2.42. The number of amides is 1. The normalized spacial score (nSPS) is 13.8. The van der Waals surface area contributed by atoms with E-state index in [1.165, 1.54) is 18.2 Å². The number of carbonyl (C=O) groups excluding carboxylic acids is 1. The second-order valence-electron chi connectivity index (χ2n) is 5.85. The number of benzene rings is 1. The standard InChI is InChI=1S/C15H21N3O4/c1-15(2,3)22-14(21)18-8-12(19)13(20)9-4-5-11(17)10(6-9)7-16/h4-6,12-13,19-20H,8,17H2,1-3H3,(H,18,21). The van der Waals surface area contributed by atoms with Gasteiger partial charge in [-0.05, 0) is 38.5 Å². The number of anilines is 1. The van der Waals surface area contributed by atoms with Crippen LogP contribution in [0.25, 0.3) is 0 Å². The molecule has 0 aliphatic heterocycles. The van der Waals surface area contributed by atoms with E-state index in [0.29, 0.717) is 11.3 Å². The van der Waals surface area contributed by atoms with E-state index in [0.717, 1.165) is 0 Å². The van der Waals surface area contributed by atoms with E-state index >= 15 is 0 Å². The topological polar surface area (TPSA) is 129 Å². The molecule has 0 spiro atoms. The third-order valence-corrected chi connectivity index (χ3v) is 2.76. The number of alkyl carbamates (subject to hydrolysis) is 1. The molecule has 1 aromatic rings. The molecular weight excluding hydrogens is 286 g/mol. The van der Waals surface area contributed by atoms with Gasteiger partial charge >= 0.3 is 6.09 Å². The van der Waals surface area contributed by atoms with Crippen LogP contribution in [0.1, 0.15) is 38.0 Å². The first-order chi connectivity index (χ1) is 10.1. The maximum absolute atomic E-state index is 11.5. The molecule has 7 nitrogen and oxygen atoms in total. The smallest absolute Gasteiger partial charge is 0.407 e. The Morgan fingerprint density at radius 3 is 2.64 bits per heavy atom. The SMILES string of the molecule is CC(C)(C)OC(=O)NCC(O)C(O)c1ccc(N)c(C#N)c1. The van der Waals surface area contributed by atoms with E-state index in [9.17, 15) is 15.0 Å². The Balaban J connectivity index is 2.64. The third kappa shape index (κ3) is 5.24. The van der Waals surface area contributed by atoms with Gasteiger partial charge in [0.25, 0.3) is 0 Å². The first-order valence-electron chi connectivity index (χ1n) is 6.76. The first kappa shape index (κ1) is 17.8. The zero-order valence-electron chi connectivity index (χ0n) is 12.8. The molecule has 0 aromatic heterocycles. The van der Waals surface area contributed by atoms with Gasteiger partial charge in [0.2, 0.25) is 0 Å². The van der Waals surface area contributed by atoms with Crippen LogP contribution in [0, 0.1) is 11.3 Å². The number of rotatable bonds is 4. The highest BCUT2D eigenvalue weighted by atomic mass is 16.6. The first-order valence-corrected chi connectivity index (χ1v) is 6.76. The molecule has 1 aromatic carbocycles. The molecule has 5 N–H and O–H groups in total. The van der Waals surface area contributed by atoms with Gasteiger partial charge in [-0.1, -0.05) is 6.07 Å². The Hall–Kier alpha value is -2.30. The van der Waals surface area contributed by atoms with Gasteiger partial charge in [0.1, 0.15) is 23.9 Å². The summed E-state index contributed by atoms with van der Waals surface area (Å²) in [6, 6.07) is 6.29. The zero-order chi connectivity index (χ0) is 16.9. The van der Waals surface area contributed by atoms with E-state index in [-0.39, 0.29) is 12.1 Å². The zero-order valence-corrected chi connectivity index (χ0v) is 12.8. The Morgan fingerprint density at radius 1 is 1.45 bits per heavy atom. The number of aliphatic hydroxyl groups is 2. The molecule has 0 aliphatic carbocycles. The molecule has 1 rings (SSSR count). The number of ether oxygens (including phenoxy) is 1. The minimum atomic E-state index is -1.26. The minimum Gasteiger partial charge on any atom is -0.444 e. The molecule has 7 heteroatoms. The summed E-state index contributed by atoms with van der Waals surface area (Å²) < 4.78 is 5.02. The fourth-order valence-corrected chi connectivity index (χ4v) is 1.69. The largest absolute Gasteiger partial charge is 0.444 e. The van der Waals surface area contributed by atoms with Crippen molar-refractivity contribution in [3.05, 3.63) is 29.3 Å². The summed E-state index contributed by atoms with van der Waals surface area (Å²) in [6.45, 7) is 4.96. The van der Waals surface area contributed by atoms with Crippen LogP contribution in [0.5, 0.6) is 0 Å². The second kappa shape index (κ2) is 7.11. The van der Waals surface area contributed by atoms with Gasteiger partial charge < -0.3 is 26.0 Å². The molecule has 120 valence electrons. The highest BCUT2D eigenvalue weighted by molar-refractivity contribution is 5.67. The van der Waals surface area contributed by atoms with Gasteiger partial charge in [0, 0.05) is 12.2 Å². The molecule has 0 radical (unpaired) electrons. The number of nitrogens with zero attached hydrogens (tertiary/aromatic N) is 1. The molecule has 0 saturated heterocycles. The van der Waals surface area contributed by atoms with Crippen LogP contribution in [0.3, 0.4) is 0 Å². The molecule has 22 heavy (non-hydrogen) atoms. The number of hydrogen-bond donors (Lipinski definition) is 4. The van der Waals surface area contributed by atoms with Crippen LogP contribution < -0.4 is 11.1 Å². The molecule has 0 aliphatic rings. The van der Waals surface area contributed by atoms with Crippen molar-refractivity contribution in [2.24, 2.45) is 0 Å². The summed E-state index contributed by atoms with van der Waals surface area (Å²) in [4.78, 5) is 11.5. The van der Waals surface area contributed by atoms with Crippen molar-refractivity contribution in [3.8, 4) is 6.07 Å². The summed E-state index contributed by atoms with van der Waals surface area (Å²) in [6.07, 6.45) is -3.20. The van der Waals surface area contributed by atoms with Gasteiger partial charge in [0.05, 0.1) is 5.56 Å². The van der Waals surface area contributed by atoms with Gasteiger partial charge in [0.15, 0.2) is 0 Å². The van der Waals surface area contributed by atoms with Gasteiger partial charge in [-0.2, -0.15) is 5.26 Å². The number of nitrogen functional groups attached to an aromatic ring is 1. The predicted molar refractivity (Wildman–Crippen MR) is 80.8 cm³/mol. The van der Waals surface area contributed by atoms with Crippen LogP contribution in [0.15, 0.2) is 18.2 Å². The van der Waals surface area contributed by atoms with E-state index in [1.807, 2.05) is 6.07 Å². The number of nitrogens with one attached hydrogen (secondary N) is 1. The Morgan fingerprint density at radius 2 is 2.09 bits per heavy atom. The number of nitrogens with two attached hydrogens (primary N) is 1. The predicted octanol–water partition coefficient (Wildman–Crippen LogP) is 1.06. The summed E-state index contributed by atoms with van der Waals surface area (Å²) in [5.41, 5.74) is 5.79. The lowest BCUT2D eigenvalue weighted by Gasteiger charge is -2.22. The minimum absolute atomic E-state index is 0.192. The fraction of sp³-hybridized carbons (Fsp3) is 0.467. The van der Waals surface area contributed by atoms with Crippen molar-refractivity contribution < 1.29 is 19.7 Å². The highest BCUT2D eigenvalue weighted by Crippen LogP contribution is 2.21. The number of carbonyl (C=O) groups is 1. The van der Waals surface area contributed by atoms with Crippen molar-refractivity contribution in [1.29, 1.82) is 5.26 Å². The number of hydrogen-bond acceptors (Lipinski definition) is 6. The van der Waals surface area contributed by atoms with Gasteiger partial charge in [-0.15, -0.1) is 0 Å². The number of aliphatic hydroxyl groups excluding tert-OH is 2. The van der Waals surface area contributed by atoms with Crippen LogP contribution in [0.4, 0.5) is 10.5 Å². The molecule has 2 atom stereocenters. The molecule has 0 saturated carbocycles. The quantitative estimate of drug-likeness (QED) is 0.616. The Bertz CT molecular complexity index is 575. The van der Waals surface area contributed by atoms with Crippen molar-refractivity contribution in [2.45, 2.75) is 38.6 Å². The average molecular weight is 307 g/mol. The van der Waals surface area contributed by atoms with Gasteiger partial charge in [-0.3, -0.25) is 0 Å². The van der Waals surface area contributed by atoms with Crippen molar-refractivity contribution >= 4 is 11.8 Å². The fourth-order valence-electron chi connectivity index (χ4n) is 1.69. The van der Waals surface area contributed by atoms with Crippen molar-refractivity contribution in [2.75, 3.05) is 12.3 Å².